The molecule has 0 aromatic heterocycles. The first-order chi connectivity index (χ1) is 10.1. The molecular weight excluding hydrogens is 276 g/mol. The number of urea groups is 1. The van der Waals surface area contributed by atoms with E-state index in [0.717, 1.165) is 5.56 Å². The third-order valence-corrected chi connectivity index (χ3v) is 3.00. The number of amides is 2. The number of benzene rings is 1. The lowest BCUT2D eigenvalue weighted by atomic mass is 10.2. The fraction of sp³-hybridized carbons (Fsp3) is 0.429. The maximum absolute atomic E-state index is 11.9. The molecule has 1 aliphatic rings. The molecule has 114 valence electrons. The van der Waals surface area contributed by atoms with Crippen molar-refractivity contribution in [1.82, 2.24) is 10.2 Å². The van der Waals surface area contributed by atoms with E-state index in [1.165, 1.54) is 0 Å². The van der Waals surface area contributed by atoms with Gasteiger partial charge >= 0.3 is 12.0 Å². The minimum atomic E-state index is -1.03. The molecule has 2 N–H and O–H groups in total. The largest absolute Gasteiger partial charge is 0.482 e. The number of aliphatic carboxylic acids is 1. The Hall–Kier alpha value is -2.28. The van der Waals surface area contributed by atoms with Gasteiger partial charge in [-0.1, -0.05) is 12.1 Å². The van der Waals surface area contributed by atoms with Crippen molar-refractivity contribution in [3.8, 4) is 5.75 Å². The van der Waals surface area contributed by atoms with Crippen molar-refractivity contribution in [2.75, 3.05) is 32.9 Å². The van der Waals surface area contributed by atoms with Crippen LogP contribution in [0.4, 0.5) is 4.79 Å². The van der Waals surface area contributed by atoms with Crippen LogP contribution in [0.1, 0.15) is 5.56 Å². The molecule has 0 saturated carbocycles. The zero-order chi connectivity index (χ0) is 15.1. The van der Waals surface area contributed by atoms with Crippen LogP contribution < -0.4 is 10.1 Å². The average Bonchev–Trinajstić information content (AvgIpc) is 2.52. The van der Waals surface area contributed by atoms with Gasteiger partial charge in [0.15, 0.2) is 6.61 Å². The second-order valence-corrected chi connectivity index (χ2v) is 4.59. The maximum Gasteiger partial charge on any atom is 0.341 e. The van der Waals surface area contributed by atoms with Crippen LogP contribution >= 0.6 is 0 Å². The van der Waals surface area contributed by atoms with Crippen LogP contribution in [0.3, 0.4) is 0 Å². The van der Waals surface area contributed by atoms with E-state index in [-0.39, 0.29) is 12.6 Å². The molecule has 0 spiro atoms. The van der Waals surface area contributed by atoms with Crippen molar-refractivity contribution in [2.45, 2.75) is 6.54 Å². The summed E-state index contributed by atoms with van der Waals surface area (Å²) >= 11 is 0. The molecule has 1 aromatic rings. The molecule has 1 heterocycles. The highest BCUT2D eigenvalue weighted by atomic mass is 16.5. The molecule has 7 nitrogen and oxygen atoms in total. The molecule has 0 unspecified atom stereocenters. The minimum Gasteiger partial charge on any atom is -0.482 e. The Kier molecular flexibility index (Phi) is 5.39. The van der Waals surface area contributed by atoms with Crippen LogP contribution in [0, 0.1) is 0 Å². The maximum atomic E-state index is 11.9. The quantitative estimate of drug-likeness (QED) is 0.834. The summed E-state index contributed by atoms with van der Waals surface area (Å²) in [6.07, 6.45) is 0. The monoisotopic (exact) mass is 294 g/mol. The number of morpholine rings is 1. The summed E-state index contributed by atoms with van der Waals surface area (Å²) in [5.74, 6) is -0.559. The number of carboxylic acids is 1. The number of ether oxygens (including phenoxy) is 2. The third-order valence-electron chi connectivity index (χ3n) is 3.00. The highest BCUT2D eigenvalue weighted by molar-refractivity contribution is 5.74. The molecule has 0 radical (unpaired) electrons. The molecule has 7 heteroatoms. The normalized spacial score (nSPS) is 14.6. The summed E-state index contributed by atoms with van der Waals surface area (Å²) in [6, 6.07) is 6.86. The van der Waals surface area contributed by atoms with Crippen LogP contribution in [-0.2, 0) is 16.1 Å². The fourth-order valence-corrected chi connectivity index (χ4v) is 1.95. The Morgan fingerprint density at radius 2 is 2.10 bits per heavy atom. The molecule has 2 amide bonds. The average molecular weight is 294 g/mol. The Bertz CT molecular complexity index is 500. The van der Waals surface area contributed by atoms with Gasteiger partial charge in [-0.3, -0.25) is 0 Å². The Morgan fingerprint density at radius 3 is 2.81 bits per heavy atom. The lowest BCUT2D eigenvalue weighted by molar-refractivity contribution is -0.139. The van der Waals surface area contributed by atoms with Crippen LogP contribution in [0.25, 0.3) is 0 Å². The van der Waals surface area contributed by atoms with Crippen molar-refractivity contribution in [2.24, 2.45) is 0 Å². The summed E-state index contributed by atoms with van der Waals surface area (Å²) in [6.45, 7) is 2.28. The molecule has 1 aliphatic heterocycles. The predicted molar refractivity (Wildman–Crippen MR) is 74.2 cm³/mol. The van der Waals surface area contributed by atoms with E-state index in [1.807, 2.05) is 6.07 Å². The van der Waals surface area contributed by atoms with Crippen LogP contribution in [0.2, 0.25) is 0 Å². The van der Waals surface area contributed by atoms with E-state index < -0.39 is 5.97 Å². The van der Waals surface area contributed by atoms with Crippen molar-refractivity contribution in [1.29, 1.82) is 0 Å². The van der Waals surface area contributed by atoms with Crippen molar-refractivity contribution < 1.29 is 24.2 Å². The summed E-state index contributed by atoms with van der Waals surface area (Å²) in [7, 11) is 0. The van der Waals surface area contributed by atoms with E-state index in [1.54, 1.807) is 23.1 Å². The zero-order valence-electron chi connectivity index (χ0n) is 11.6. The smallest absolute Gasteiger partial charge is 0.341 e. The predicted octanol–water partition coefficient (Wildman–Crippen LogP) is 0.692. The summed E-state index contributed by atoms with van der Waals surface area (Å²) in [4.78, 5) is 24.1. The van der Waals surface area contributed by atoms with Gasteiger partial charge in [0.25, 0.3) is 0 Å². The van der Waals surface area contributed by atoms with Gasteiger partial charge in [0.05, 0.1) is 13.2 Å². The van der Waals surface area contributed by atoms with Gasteiger partial charge in [-0.25, -0.2) is 9.59 Å². The molecule has 0 atom stereocenters. The number of hydrogen-bond donors (Lipinski definition) is 2. The minimum absolute atomic E-state index is 0.129. The van der Waals surface area contributed by atoms with Crippen molar-refractivity contribution >= 4 is 12.0 Å². The second kappa shape index (κ2) is 7.49. The van der Waals surface area contributed by atoms with Crippen LogP contribution in [-0.4, -0.2) is 54.9 Å². The Balaban J connectivity index is 1.83. The first kappa shape index (κ1) is 15.1. The Morgan fingerprint density at radius 1 is 1.33 bits per heavy atom. The molecule has 1 saturated heterocycles. The topological polar surface area (TPSA) is 88.1 Å². The van der Waals surface area contributed by atoms with Gasteiger partial charge in [-0.2, -0.15) is 0 Å². The molecular formula is C14H18N2O5. The highest BCUT2D eigenvalue weighted by Crippen LogP contribution is 2.13. The van der Waals surface area contributed by atoms with E-state index >= 15 is 0 Å². The highest BCUT2D eigenvalue weighted by Gasteiger charge is 2.16. The van der Waals surface area contributed by atoms with E-state index in [9.17, 15) is 9.59 Å². The lowest BCUT2D eigenvalue weighted by Crippen LogP contribution is -2.45. The zero-order valence-corrected chi connectivity index (χ0v) is 11.6. The number of nitrogens with one attached hydrogen (secondary N) is 1. The van der Waals surface area contributed by atoms with E-state index in [0.29, 0.717) is 38.6 Å². The standard InChI is InChI=1S/C14H18N2O5/c17-13(18)10-21-12-3-1-2-11(8-12)9-15-14(19)16-4-6-20-7-5-16/h1-3,8H,4-7,9-10H2,(H,15,19)(H,17,18). The molecule has 1 aromatic carbocycles. The number of hydrogen-bond acceptors (Lipinski definition) is 4. The van der Waals surface area contributed by atoms with Gasteiger partial charge in [-0.15, -0.1) is 0 Å². The van der Waals surface area contributed by atoms with Gasteiger partial charge in [0.2, 0.25) is 0 Å². The summed E-state index contributed by atoms with van der Waals surface area (Å²) in [5.41, 5.74) is 0.847. The summed E-state index contributed by atoms with van der Waals surface area (Å²) in [5, 5.41) is 11.4. The second-order valence-electron chi connectivity index (χ2n) is 4.59. The lowest BCUT2D eigenvalue weighted by Gasteiger charge is -2.26. The van der Waals surface area contributed by atoms with Crippen molar-refractivity contribution in [3.05, 3.63) is 29.8 Å². The number of rotatable bonds is 5. The van der Waals surface area contributed by atoms with Gasteiger partial charge in [-0.05, 0) is 17.7 Å². The number of carbonyl (C=O) groups is 2. The third kappa shape index (κ3) is 4.96. The molecule has 0 bridgehead atoms. The molecule has 2 rings (SSSR count). The van der Waals surface area contributed by atoms with E-state index in [2.05, 4.69) is 5.32 Å². The van der Waals surface area contributed by atoms with Gasteiger partial charge in [0, 0.05) is 19.6 Å². The Labute approximate surface area is 122 Å². The molecule has 21 heavy (non-hydrogen) atoms. The summed E-state index contributed by atoms with van der Waals surface area (Å²) < 4.78 is 10.3. The van der Waals surface area contributed by atoms with Gasteiger partial charge < -0.3 is 24.8 Å². The van der Waals surface area contributed by atoms with Crippen LogP contribution in [0.15, 0.2) is 24.3 Å². The first-order valence-corrected chi connectivity index (χ1v) is 6.69. The first-order valence-electron chi connectivity index (χ1n) is 6.69. The SMILES string of the molecule is O=C(O)COc1cccc(CNC(=O)N2CCOCC2)c1. The molecule has 0 aliphatic carbocycles. The number of carbonyl (C=O) groups excluding carboxylic acids is 1. The van der Waals surface area contributed by atoms with Crippen LogP contribution in [0.5, 0.6) is 5.75 Å². The van der Waals surface area contributed by atoms with Crippen molar-refractivity contribution in [3.63, 3.8) is 0 Å². The molecule has 1 fully saturated rings. The number of nitrogens with zero attached hydrogens (tertiary/aromatic N) is 1. The fourth-order valence-electron chi connectivity index (χ4n) is 1.95. The van der Waals surface area contributed by atoms with Gasteiger partial charge in [0.1, 0.15) is 5.75 Å². The van der Waals surface area contributed by atoms with E-state index in [4.69, 9.17) is 14.6 Å². The number of carboxylic acid groups (broad SMARTS) is 1.